The predicted octanol–water partition coefficient (Wildman–Crippen LogP) is 3.20. The van der Waals surface area contributed by atoms with E-state index in [1.807, 2.05) is 12.1 Å². The number of piperidine rings is 1. The van der Waals surface area contributed by atoms with E-state index in [0.29, 0.717) is 15.8 Å². The maximum atomic E-state index is 10.3. The first-order valence-electron chi connectivity index (χ1n) is 5.60. The summed E-state index contributed by atoms with van der Waals surface area (Å²) in [6.07, 6.45) is 1.61. The fourth-order valence-corrected chi connectivity index (χ4v) is 3.27. The summed E-state index contributed by atoms with van der Waals surface area (Å²) in [6.45, 7) is 1.77. The van der Waals surface area contributed by atoms with Gasteiger partial charge in [0.1, 0.15) is 0 Å². The average molecular weight is 292 g/mol. The van der Waals surface area contributed by atoms with Crippen LogP contribution in [0.4, 0.5) is 0 Å². The van der Waals surface area contributed by atoms with E-state index in [-0.39, 0.29) is 0 Å². The van der Waals surface area contributed by atoms with Gasteiger partial charge in [-0.3, -0.25) is 0 Å². The molecule has 94 valence electrons. The second-order valence-electron chi connectivity index (χ2n) is 4.34. The molecule has 1 aliphatic heterocycles. The summed E-state index contributed by atoms with van der Waals surface area (Å²) >= 11 is 13.4. The van der Waals surface area contributed by atoms with E-state index in [1.54, 1.807) is 17.8 Å². The number of rotatable bonds is 3. The Kier molecular flexibility index (Phi) is 4.61. The van der Waals surface area contributed by atoms with E-state index in [4.69, 9.17) is 23.2 Å². The van der Waals surface area contributed by atoms with Crippen LogP contribution in [-0.2, 0) is 0 Å². The van der Waals surface area contributed by atoms with Gasteiger partial charge in [-0.2, -0.15) is 0 Å². The molecular weight excluding hydrogens is 277 g/mol. The predicted molar refractivity (Wildman–Crippen MR) is 74.2 cm³/mol. The van der Waals surface area contributed by atoms with Crippen molar-refractivity contribution in [2.45, 2.75) is 23.3 Å². The van der Waals surface area contributed by atoms with Crippen molar-refractivity contribution < 1.29 is 5.11 Å². The highest BCUT2D eigenvalue weighted by atomic mass is 35.5. The maximum Gasteiger partial charge on any atom is 0.0765 e. The molecule has 0 bridgehead atoms. The van der Waals surface area contributed by atoms with Crippen molar-refractivity contribution in [1.82, 2.24) is 5.32 Å². The van der Waals surface area contributed by atoms with E-state index >= 15 is 0 Å². The molecule has 5 heteroatoms. The molecule has 0 spiro atoms. The molecule has 1 fully saturated rings. The highest BCUT2D eigenvalue weighted by Crippen LogP contribution is 2.31. The molecule has 1 saturated heterocycles. The Balaban J connectivity index is 1.94. The van der Waals surface area contributed by atoms with E-state index in [0.717, 1.165) is 30.8 Å². The summed E-state index contributed by atoms with van der Waals surface area (Å²) in [4.78, 5) is 1.05. The molecule has 0 saturated carbocycles. The van der Waals surface area contributed by atoms with Crippen LogP contribution in [0.2, 0.25) is 10.0 Å². The zero-order valence-corrected chi connectivity index (χ0v) is 11.7. The molecule has 17 heavy (non-hydrogen) atoms. The summed E-state index contributed by atoms with van der Waals surface area (Å²) in [5.41, 5.74) is -0.554. The highest BCUT2D eigenvalue weighted by molar-refractivity contribution is 7.99. The number of nitrogens with one attached hydrogen (secondary N) is 1. The molecule has 0 atom stereocenters. The summed E-state index contributed by atoms with van der Waals surface area (Å²) in [6, 6.07) is 5.57. The molecule has 2 N–H and O–H groups in total. The van der Waals surface area contributed by atoms with Gasteiger partial charge in [-0.1, -0.05) is 23.2 Å². The number of hydrogen-bond acceptors (Lipinski definition) is 3. The van der Waals surface area contributed by atoms with Crippen molar-refractivity contribution in [2.24, 2.45) is 0 Å². The average Bonchev–Trinajstić information content (AvgIpc) is 2.32. The molecule has 0 aliphatic carbocycles. The van der Waals surface area contributed by atoms with Crippen LogP contribution in [0.1, 0.15) is 12.8 Å². The molecule has 0 radical (unpaired) electrons. The fraction of sp³-hybridized carbons (Fsp3) is 0.500. The van der Waals surface area contributed by atoms with Gasteiger partial charge in [0.05, 0.1) is 15.6 Å². The quantitative estimate of drug-likeness (QED) is 0.839. The minimum Gasteiger partial charge on any atom is -0.389 e. The summed E-state index contributed by atoms with van der Waals surface area (Å²) in [7, 11) is 0. The third-order valence-corrected chi connectivity index (χ3v) is 4.94. The first-order valence-corrected chi connectivity index (χ1v) is 7.34. The Labute approximate surface area is 116 Å². The van der Waals surface area contributed by atoms with Crippen LogP contribution in [-0.4, -0.2) is 29.5 Å². The Morgan fingerprint density at radius 2 is 1.94 bits per heavy atom. The minimum atomic E-state index is -0.554. The summed E-state index contributed by atoms with van der Waals surface area (Å²) in [5, 5.41) is 14.7. The van der Waals surface area contributed by atoms with E-state index < -0.39 is 5.60 Å². The van der Waals surface area contributed by atoms with Crippen LogP contribution in [0.25, 0.3) is 0 Å². The van der Waals surface area contributed by atoms with Crippen LogP contribution in [0.15, 0.2) is 23.1 Å². The molecule has 0 amide bonds. The Hall–Kier alpha value is 0.0700. The van der Waals surface area contributed by atoms with Crippen molar-refractivity contribution in [2.75, 3.05) is 18.8 Å². The largest absolute Gasteiger partial charge is 0.389 e. The third-order valence-electron chi connectivity index (χ3n) is 2.93. The lowest BCUT2D eigenvalue weighted by Gasteiger charge is -2.32. The standard InChI is InChI=1S/C12H15Cl2NOS/c13-10-2-1-9(7-11(10)14)17-8-12(16)3-5-15-6-4-12/h1-2,7,15-16H,3-6,8H2. The Morgan fingerprint density at radius 3 is 2.59 bits per heavy atom. The second kappa shape index (κ2) is 5.81. The monoisotopic (exact) mass is 291 g/mol. The van der Waals surface area contributed by atoms with Gasteiger partial charge >= 0.3 is 0 Å². The molecular formula is C12H15Cl2NOS. The Morgan fingerprint density at radius 1 is 1.24 bits per heavy atom. The van der Waals surface area contributed by atoms with Gasteiger partial charge in [-0.15, -0.1) is 11.8 Å². The van der Waals surface area contributed by atoms with Crippen LogP contribution in [0.3, 0.4) is 0 Å². The Bertz CT molecular complexity index is 394. The molecule has 0 unspecified atom stereocenters. The lowest BCUT2D eigenvalue weighted by Crippen LogP contribution is -2.43. The number of aliphatic hydroxyl groups is 1. The first kappa shape index (κ1) is 13.5. The summed E-state index contributed by atoms with van der Waals surface area (Å²) < 4.78 is 0. The maximum absolute atomic E-state index is 10.3. The molecule has 1 heterocycles. The van der Waals surface area contributed by atoms with Crippen molar-refractivity contribution in [3.8, 4) is 0 Å². The van der Waals surface area contributed by atoms with Gasteiger partial charge in [0.15, 0.2) is 0 Å². The normalized spacial score (nSPS) is 19.2. The second-order valence-corrected chi connectivity index (χ2v) is 6.20. The van der Waals surface area contributed by atoms with Crippen molar-refractivity contribution in [3.63, 3.8) is 0 Å². The molecule has 2 nitrogen and oxygen atoms in total. The number of benzene rings is 1. The molecule has 2 rings (SSSR count). The van der Waals surface area contributed by atoms with E-state index in [1.165, 1.54) is 0 Å². The van der Waals surface area contributed by atoms with Crippen molar-refractivity contribution in [1.29, 1.82) is 0 Å². The number of halogens is 2. The topological polar surface area (TPSA) is 32.3 Å². The number of hydrogen-bond donors (Lipinski definition) is 2. The summed E-state index contributed by atoms with van der Waals surface area (Å²) in [5.74, 6) is 0.701. The minimum absolute atomic E-state index is 0.554. The first-order chi connectivity index (χ1) is 8.09. The van der Waals surface area contributed by atoms with Gasteiger partial charge in [0.25, 0.3) is 0 Å². The fourth-order valence-electron chi connectivity index (χ4n) is 1.82. The van der Waals surface area contributed by atoms with Gasteiger partial charge in [0.2, 0.25) is 0 Å². The molecule has 1 aromatic rings. The van der Waals surface area contributed by atoms with Crippen molar-refractivity contribution >= 4 is 35.0 Å². The van der Waals surface area contributed by atoms with Crippen molar-refractivity contribution in [3.05, 3.63) is 28.2 Å². The zero-order valence-electron chi connectivity index (χ0n) is 9.38. The van der Waals surface area contributed by atoms with Crippen LogP contribution >= 0.6 is 35.0 Å². The SMILES string of the molecule is OC1(CSc2ccc(Cl)c(Cl)c2)CCNCC1. The van der Waals surface area contributed by atoms with E-state index in [9.17, 15) is 5.11 Å². The van der Waals surface area contributed by atoms with Gasteiger partial charge in [-0.05, 0) is 44.1 Å². The van der Waals surface area contributed by atoms with E-state index in [2.05, 4.69) is 5.32 Å². The van der Waals surface area contributed by atoms with Gasteiger partial charge in [-0.25, -0.2) is 0 Å². The smallest absolute Gasteiger partial charge is 0.0765 e. The third kappa shape index (κ3) is 3.76. The molecule has 1 aliphatic rings. The molecule has 0 aromatic heterocycles. The number of thioether (sulfide) groups is 1. The van der Waals surface area contributed by atoms with Gasteiger partial charge in [0, 0.05) is 10.6 Å². The lowest BCUT2D eigenvalue weighted by atomic mass is 9.95. The van der Waals surface area contributed by atoms with Crippen LogP contribution in [0.5, 0.6) is 0 Å². The van der Waals surface area contributed by atoms with Crippen LogP contribution < -0.4 is 5.32 Å². The molecule has 1 aromatic carbocycles. The lowest BCUT2D eigenvalue weighted by molar-refractivity contribution is 0.0339. The van der Waals surface area contributed by atoms with Gasteiger partial charge < -0.3 is 10.4 Å². The zero-order chi connectivity index (χ0) is 12.3. The highest BCUT2D eigenvalue weighted by Gasteiger charge is 2.28. The van der Waals surface area contributed by atoms with Crippen LogP contribution in [0, 0.1) is 0 Å².